The molecule has 30 heavy (non-hydrogen) atoms. The lowest BCUT2D eigenvalue weighted by atomic mass is 9.84. The van der Waals surface area contributed by atoms with Crippen molar-refractivity contribution in [2.45, 2.75) is 45.8 Å². The van der Waals surface area contributed by atoms with Gasteiger partial charge in [0.2, 0.25) is 5.78 Å². The summed E-state index contributed by atoms with van der Waals surface area (Å²) < 4.78 is 0. The number of aliphatic hydroxyl groups excluding tert-OH is 2. The molecule has 0 aliphatic rings. The Labute approximate surface area is 176 Å². The lowest BCUT2D eigenvalue weighted by molar-refractivity contribution is -0.138. The molecule has 2 aromatic rings. The zero-order chi connectivity index (χ0) is 22.1. The van der Waals surface area contributed by atoms with Gasteiger partial charge in [-0.1, -0.05) is 68.4 Å². The predicted molar refractivity (Wildman–Crippen MR) is 114 cm³/mol. The van der Waals surface area contributed by atoms with Crippen LogP contribution in [0.1, 0.15) is 38.7 Å². The maximum absolute atomic E-state index is 12.0. The monoisotopic (exact) mass is 411 g/mol. The Kier molecular flexibility index (Phi) is 8.45. The first-order valence-corrected chi connectivity index (χ1v) is 10.0. The van der Waals surface area contributed by atoms with Crippen LogP contribution in [0, 0.1) is 5.41 Å². The van der Waals surface area contributed by atoms with Crippen LogP contribution in [0.2, 0.25) is 0 Å². The normalized spacial score (nSPS) is 12.3. The highest BCUT2D eigenvalue weighted by Crippen LogP contribution is 2.22. The summed E-state index contributed by atoms with van der Waals surface area (Å²) >= 11 is 0. The molecule has 6 nitrogen and oxygen atoms in total. The third-order valence-electron chi connectivity index (χ3n) is 5.05. The molecule has 0 bridgehead atoms. The van der Waals surface area contributed by atoms with Crippen molar-refractivity contribution < 1.29 is 24.6 Å². The fourth-order valence-electron chi connectivity index (χ4n) is 2.92. The zero-order valence-electron chi connectivity index (χ0n) is 17.4. The van der Waals surface area contributed by atoms with E-state index in [1.807, 2.05) is 54.6 Å². The van der Waals surface area contributed by atoms with Crippen LogP contribution in [-0.2, 0) is 20.9 Å². The Balaban J connectivity index is 1.75. The molecule has 0 saturated heterocycles. The molecule has 3 N–H and O–H groups in total. The summed E-state index contributed by atoms with van der Waals surface area (Å²) in [4.78, 5) is 35.9. The fraction of sp³-hybridized carbons (Fsp3) is 0.375. The second kappa shape index (κ2) is 10.8. The van der Waals surface area contributed by atoms with Gasteiger partial charge in [0.25, 0.3) is 5.91 Å². The molecular weight excluding hydrogens is 382 g/mol. The first kappa shape index (κ1) is 23.4. The van der Waals surface area contributed by atoms with Gasteiger partial charge in [0.05, 0.1) is 6.61 Å². The summed E-state index contributed by atoms with van der Waals surface area (Å²) in [5.41, 5.74) is 2.11. The van der Waals surface area contributed by atoms with Crippen molar-refractivity contribution in [3.05, 3.63) is 60.2 Å². The third kappa shape index (κ3) is 6.61. The van der Waals surface area contributed by atoms with E-state index in [0.717, 1.165) is 16.7 Å². The highest BCUT2D eigenvalue weighted by atomic mass is 16.3. The Bertz CT molecular complexity index is 859. The summed E-state index contributed by atoms with van der Waals surface area (Å²) in [6.45, 7) is 3.08. The molecule has 0 aliphatic heterocycles. The average Bonchev–Trinajstić information content (AvgIpc) is 2.77. The van der Waals surface area contributed by atoms with Crippen LogP contribution in [0.25, 0.3) is 11.1 Å². The molecule has 0 spiro atoms. The van der Waals surface area contributed by atoms with Crippen LogP contribution >= 0.6 is 0 Å². The second-order valence-corrected chi connectivity index (χ2v) is 8.04. The van der Waals surface area contributed by atoms with E-state index in [9.17, 15) is 24.6 Å². The number of Topliss-reactive ketones (excluding diaryl/α,β-unsaturated/α-hetero) is 2. The van der Waals surface area contributed by atoms with Gasteiger partial charge in [-0.3, -0.25) is 14.4 Å². The average molecular weight is 411 g/mol. The SMILES string of the molecule is CC(C)(CO)[C@@H](O)C(=O)CCCC(=O)C(=O)NCc1ccc(-c2ccccc2)cc1. The van der Waals surface area contributed by atoms with Gasteiger partial charge in [-0.05, 0) is 23.1 Å². The molecule has 0 radical (unpaired) electrons. The van der Waals surface area contributed by atoms with E-state index in [1.54, 1.807) is 13.8 Å². The molecule has 1 atom stereocenters. The molecule has 0 heterocycles. The van der Waals surface area contributed by atoms with E-state index in [1.165, 1.54) is 0 Å². The Morgan fingerprint density at radius 2 is 1.53 bits per heavy atom. The highest BCUT2D eigenvalue weighted by Gasteiger charge is 2.32. The van der Waals surface area contributed by atoms with Crippen LogP contribution in [0.4, 0.5) is 0 Å². The highest BCUT2D eigenvalue weighted by molar-refractivity contribution is 6.36. The number of amides is 1. The number of hydrogen-bond acceptors (Lipinski definition) is 5. The van der Waals surface area contributed by atoms with Gasteiger partial charge in [-0.15, -0.1) is 0 Å². The predicted octanol–water partition coefficient (Wildman–Crippen LogP) is 2.66. The summed E-state index contributed by atoms with van der Waals surface area (Å²) in [6, 6.07) is 17.7. The van der Waals surface area contributed by atoms with Gasteiger partial charge in [0, 0.05) is 24.8 Å². The lowest BCUT2D eigenvalue weighted by Gasteiger charge is -2.26. The van der Waals surface area contributed by atoms with Crippen LogP contribution in [0.3, 0.4) is 0 Å². The van der Waals surface area contributed by atoms with Crippen molar-refractivity contribution in [3.63, 3.8) is 0 Å². The minimum Gasteiger partial charge on any atom is -0.396 e. The van der Waals surface area contributed by atoms with E-state index in [2.05, 4.69) is 5.32 Å². The molecule has 0 aromatic heterocycles. The van der Waals surface area contributed by atoms with Gasteiger partial charge in [0.15, 0.2) is 5.78 Å². The van der Waals surface area contributed by atoms with Crippen molar-refractivity contribution in [1.29, 1.82) is 0 Å². The molecule has 2 aromatic carbocycles. The summed E-state index contributed by atoms with van der Waals surface area (Å²) in [5.74, 6) is -1.73. The zero-order valence-corrected chi connectivity index (χ0v) is 17.4. The van der Waals surface area contributed by atoms with E-state index >= 15 is 0 Å². The molecule has 0 fully saturated rings. The van der Waals surface area contributed by atoms with Crippen LogP contribution in [-0.4, -0.2) is 40.4 Å². The molecule has 0 unspecified atom stereocenters. The molecule has 0 saturated carbocycles. The minimum atomic E-state index is -1.30. The molecule has 0 aliphatic carbocycles. The fourth-order valence-corrected chi connectivity index (χ4v) is 2.92. The molecule has 1 amide bonds. The summed E-state index contributed by atoms with van der Waals surface area (Å²) in [5, 5.41) is 21.8. The number of hydrogen-bond donors (Lipinski definition) is 3. The number of nitrogens with one attached hydrogen (secondary N) is 1. The number of carbonyl (C=O) groups excluding carboxylic acids is 3. The Morgan fingerprint density at radius 1 is 0.933 bits per heavy atom. The Hall–Kier alpha value is -2.83. The van der Waals surface area contributed by atoms with E-state index in [-0.39, 0.29) is 32.4 Å². The van der Waals surface area contributed by atoms with E-state index in [0.29, 0.717) is 0 Å². The lowest BCUT2D eigenvalue weighted by Crippen LogP contribution is -2.39. The summed E-state index contributed by atoms with van der Waals surface area (Å²) in [6.07, 6.45) is -1.22. The number of aliphatic hydroxyl groups is 2. The number of rotatable bonds is 11. The van der Waals surface area contributed by atoms with E-state index in [4.69, 9.17) is 0 Å². The van der Waals surface area contributed by atoms with Crippen molar-refractivity contribution in [1.82, 2.24) is 5.32 Å². The molecule has 6 heteroatoms. The second-order valence-electron chi connectivity index (χ2n) is 8.04. The molecule has 160 valence electrons. The van der Waals surface area contributed by atoms with Gasteiger partial charge in [-0.2, -0.15) is 0 Å². The standard InChI is InChI=1S/C24H29NO5/c1-24(2,16-26)22(29)20(27)9-6-10-21(28)23(30)25-15-17-11-13-19(14-12-17)18-7-4-3-5-8-18/h3-5,7-8,11-14,22,26,29H,6,9-10,15-16H2,1-2H3,(H,25,30)/t22-/m0/s1. The first-order valence-electron chi connectivity index (χ1n) is 10.0. The maximum Gasteiger partial charge on any atom is 0.287 e. The van der Waals surface area contributed by atoms with Gasteiger partial charge >= 0.3 is 0 Å². The quantitative estimate of drug-likeness (QED) is 0.493. The molecular formula is C24H29NO5. The van der Waals surface area contributed by atoms with E-state index < -0.39 is 29.0 Å². The largest absolute Gasteiger partial charge is 0.396 e. The van der Waals surface area contributed by atoms with Gasteiger partial charge in [0.1, 0.15) is 6.10 Å². The number of carbonyl (C=O) groups is 3. The van der Waals surface area contributed by atoms with Crippen molar-refractivity contribution in [2.24, 2.45) is 5.41 Å². The van der Waals surface area contributed by atoms with Gasteiger partial charge in [-0.25, -0.2) is 0 Å². The van der Waals surface area contributed by atoms with Crippen molar-refractivity contribution in [2.75, 3.05) is 6.61 Å². The topological polar surface area (TPSA) is 104 Å². The van der Waals surface area contributed by atoms with Crippen LogP contribution in [0.5, 0.6) is 0 Å². The Morgan fingerprint density at radius 3 is 2.13 bits per heavy atom. The number of benzene rings is 2. The van der Waals surface area contributed by atoms with Crippen molar-refractivity contribution in [3.8, 4) is 11.1 Å². The number of ketones is 2. The third-order valence-corrected chi connectivity index (χ3v) is 5.05. The smallest absolute Gasteiger partial charge is 0.287 e. The van der Waals surface area contributed by atoms with Crippen LogP contribution in [0.15, 0.2) is 54.6 Å². The van der Waals surface area contributed by atoms with Crippen LogP contribution < -0.4 is 5.32 Å². The molecule has 2 rings (SSSR count). The first-order chi connectivity index (χ1) is 14.2. The van der Waals surface area contributed by atoms with Gasteiger partial charge < -0.3 is 15.5 Å². The maximum atomic E-state index is 12.0. The summed E-state index contributed by atoms with van der Waals surface area (Å²) in [7, 11) is 0. The minimum absolute atomic E-state index is 0.0232. The van der Waals surface area contributed by atoms with Crippen molar-refractivity contribution >= 4 is 17.5 Å².